The van der Waals surface area contributed by atoms with Crippen molar-refractivity contribution in [3.8, 4) is 11.3 Å². The van der Waals surface area contributed by atoms with Crippen LogP contribution in [0.1, 0.15) is 79.5 Å². The van der Waals surface area contributed by atoms with Crippen LogP contribution in [0.15, 0.2) is 78.2 Å². The topological polar surface area (TPSA) is 182 Å². The normalized spacial score (nSPS) is 21.8. The van der Waals surface area contributed by atoms with E-state index in [1.54, 1.807) is 52.4 Å². The molecule has 0 radical (unpaired) electrons. The fourth-order valence-electron chi connectivity index (χ4n) is 6.66. The number of aromatic nitrogens is 3. The first-order valence-corrected chi connectivity index (χ1v) is 19.7. The lowest BCUT2D eigenvalue weighted by atomic mass is 9.85. The molecule has 2 aliphatic rings. The number of carbonyl (C=O) groups is 4. The number of rotatable bonds is 12. The van der Waals surface area contributed by atoms with Crippen molar-refractivity contribution in [2.24, 2.45) is 11.3 Å². The van der Waals surface area contributed by atoms with Gasteiger partial charge in [-0.1, -0.05) is 88.7 Å². The minimum absolute atomic E-state index is 0.0143. The number of amides is 4. The molecule has 4 amide bonds. The summed E-state index contributed by atoms with van der Waals surface area (Å²) in [5.41, 5.74) is -0.915. The van der Waals surface area contributed by atoms with Crippen molar-refractivity contribution in [1.82, 2.24) is 35.2 Å². The van der Waals surface area contributed by atoms with E-state index in [0.29, 0.717) is 12.1 Å². The number of hydrogen-bond donors (Lipinski definition) is 3. The molecule has 3 aromatic rings. The molecule has 5 rings (SSSR count). The highest BCUT2D eigenvalue weighted by atomic mass is 32.2. The lowest BCUT2D eigenvalue weighted by molar-refractivity contribution is -0.143. The molecule has 0 unspecified atom stereocenters. The van der Waals surface area contributed by atoms with Crippen LogP contribution in [0.2, 0.25) is 0 Å². The SMILES string of the molecule is C=C[C@@H]1C[C@@]1(NC(=O)[C@@H]1C[C@@H](n2nc(CCC)c(-c3ccccc3)n2)CN1C(=O)[C@@H](NC(=O)OC(C)(C)C)C(C)(C)C)C(=O)NS(=O)(=O)c1ccccc1. The Hall–Kier alpha value is -5.05. The molecule has 1 saturated carbocycles. The van der Waals surface area contributed by atoms with Crippen molar-refractivity contribution in [3.05, 3.63) is 79.0 Å². The summed E-state index contributed by atoms with van der Waals surface area (Å²) in [7, 11) is -4.26. The van der Waals surface area contributed by atoms with Gasteiger partial charge in [-0.05, 0) is 51.2 Å². The monoisotopic (exact) mass is 761 g/mol. The summed E-state index contributed by atoms with van der Waals surface area (Å²) in [5.74, 6) is -2.69. The first-order valence-electron chi connectivity index (χ1n) is 18.2. The van der Waals surface area contributed by atoms with Crippen LogP contribution in [-0.2, 0) is 35.6 Å². The Balaban J connectivity index is 1.49. The predicted molar refractivity (Wildman–Crippen MR) is 202 cm³/mol. The van der Waals surface area contributed by atoms with Crippen LogP contribution in [0.25, 0.3) is 11.3 Å². The van der Waals surface area contributed by atoms with Gasteiger partial charge in [0.1, 0.15) is 28.9 Å². The summed E-state index contributed by atoms with van der Waals surface area (Å²) in [6.07, 6.45) is 2.35. The van der Waals surface area contributed by atoms with Crippen LogP contribution < -0.4 is 15.4 Å². The van der Waals surface area contributed by atoms with E-state index in [-0.39, 0.29) is 24.3 Å². The Morgan fingerprint density at radius 1 is 1.00 bits per heavy atom. The molecule has 290 valence electrons. The van der Waals surface area contributed by atoms with Crippen molar-refractivity contribution in [2.45, 2.75) is 108 Å². The highest BCUT2D eigenvalue weighted by Crippen LogP contribution is 2.45. The van der Waals surface area contributed by atoms with Gasteiger partial charge in [-0.3, -0.25) is 14.4 Å². The maximum absolute atomic E-state index is 14.6. The number of benzene rings is 2. The van der Waals surface area contributed by atoms with E-state index < -0.39 is 74.4 Å². The van der Waals surface area contributed by atoms with Crippen molar-refractivity contribution in [2.75, 3.05) is 6.54 Å². The van der Waals surface area contributed by atoms with Crippen LogP contribution in [0.5, 0.6) is 0 Å². The summed E-state index contributed by atoms with van der Waals surface area (Å²) < 4.78 is 33.9. The molecule has 1 saturated heterocycles. The van der Waals surface area contributed by atoms with Gasteiger partial charge < -0.3 is 20.3 Å². The second-order valence-corrected chi connectivity index (χ2v) is 17.7. The van der Waals surface area contributed by atoms with E-state index in [0.717, 1.165) is 17.7 Å². The van der Waals surface area contributed by atoms with Crippen molar-refractivity contribution in [3.63, 3.8) is 0 Å². The molecule has 0 bridgehead atoms. The second-order valence-electron chi connectivity index (χ2n) is 16.0. The third kappa shape index (κ3) is 8.83. The number of nitrogens with one attached hydrogen (secondary N) is 3. The molecule has 3 N–H and O–H groups in total. The quantitative estimate of drug-likeness (QED) is 0.223. The van der Waals surface area contributed by atoms with E-state index in [2.05, 4.69) is 21.9 Å². The molecule has 2 heterocycles. The van der Waals surface area contributed by atoms with Gasteiger partial charge in [0, 0.05) is 24.4 Å². The zero-order chi connectivity index (χ0) is 39.6. The molecule has 15 heteroatoms. The zero-order valence-electron chi connectivity index (χ0n) is 32.0. The fraction of sp³-hybridized carbons (Fsp3) is 0.487. The van der Waals surface area contributed by atoms with Crippen LogP contribution in [-0.4, -0.2) is 81.9 Å². The molecule has 54 heavy (non-hydrogen) atoms. The predicted octanol–water partition coefficient (Wildman–Crippen LogP) is 4.55. The molecule has 14 nitrogen and oxygen atoms in total. The van der Waals surface area contributed by atoms with Crippen LogP contribution in [0.3, 0.4) is 0 Å². The summed E-state index contributed by atoms with van der Waals surface area (Å²) in [6, 6.07) is 14.2. The highest BCUT2D eigenvalue weighted by Gasteiger charge is 2.61. The average Bonchev–Trinajstić information content (AvgIpc) is 3.40. The number of hydrogen-bond acceptors (Lipinski definition) is 9. The van der Waals surface area contributed by atoms with Gasteiger partial charge in [-0.15, -0.1) is 6.58 Å². The minimum atomic E-state index is -4.26. The first kappa shape index (κ1) is 40.1. The van der Waals surface area contributed by atoms with Gasteiger partial charge >= 0.3 is 6.09 Å². The lowest BCUT2D eigenvalue weighted by Gasteiger charge is -2.36. The van der Waals surface area contributed by atoms with Gasteiger partial charge in [0.2, 0.25) is 11.8 Å². The second kappa shape index (κ2) is 15.4. The number of ether oxygens (including phenoxy) is 1. The summed E-state index contributed by atoms with van der Waals surface area (Å²) in [5, 5.41) is 15.2. The fourth-order valence-corrected chi connectivity index (χ4v) is 7.72. The summed E-state index contributed by atoms with van der Waals surface area (Å²) >= 11 is 0. The number of carbonyl (C=O) groups excluding carboxylic acids is 4. The van der Waals surface area contributed by atoms with Gasteiger partial charge in [0.05, 0.1) is 16.6 Å². The van der Waals surface area contributed by atoms with E-state index in [4.69, 9.17) is 14.9 Å². The number of alkyl carbamates (subject to hydrolysis) is 1. The Morgan fingerprint density at radius 3 is 2.19 bits per heavy atom. The van der Waals surface area contributed by atoms with Crippen LogP contribution >= 0.6 is 0 Å². The maximum atomic E-state index is 14.6. The zero-order valence-corrected chi connectivity index (χ0v) is 32.8. The Bertz CT molecular complexity index is 1990. The first-order chi connectivity index (χ1) is 25.3. The molecule has 1 aliphatic heterocycles. The van der Waals surface area contributed by atoms with Crippen molar-refractivity contribution >= 4 is 33.8 Å². The van der Waals surface area contributed by atoms with Gasteiger partial charge in [-0.2, -0.15) is 15.0 Å². The number of sulfonamides is 1. The van der Waals surface area contributed by atoms with E-state index in [1.807, 2.05) is 37.3 Å². The number of likely N-dealkylation sites (tertiary alicyclic amines) is 1. The van der Waals surface area contributed by atoms with Gasteiger partial charge in [0.25, 0.3) is 15.9 Å². The Kier molecular flexibility index (Phi) is 11.4. The molecular formula is C39H51N7O7S. The van der Waals surface area contributed by atoms with Gasteiger partial charge in [0.15, 0.2) is 0 Å². The smallest absolute Gasteiger partial charge is 0.408 e. The maximum Gasteiger partial charge on any atom is 0.408 e. The van der Waals surface area contributed by atoms with Crippen LogP contribution in [0, 0.1) is 11.3 Å². The largest absolute Gasteiger partial charge is 0.444 e. The lowest BCUT2D eigenvalue weighted by Crippen LogP contribution is -2.60. The van der Waals surface area contributed by atoms with Crippen LogP contribution in [0.4, 0.5) is 4.79 Å². The van der Waals surface area contributed by atoms with Crippen molar-refractivity contribution < 1.29 is 32.3 Å². The van der Waals surface area contributed by atoms with Gasteiger partial charge in [-0.25, -0.2) is 17.9 Å². The molecule has 2 fully saturated rings. The standard InChI is InChI=1S/C39H51N7O7S/c1-9-17-29-31(25-18-13-11-14-19-25)43-46(42-29)27-22-30(45(24-27)34(48)32(37(3,4)5)40-36(50)53-38(6,7)8)33(47)41-39(23-26(39)10-2)35(49)44-54(51,52)28-20-15-12-16-21-28/h10-16,18-21,26-27,30,32H,2,9,17,22-24H2,1,3-8H3,(H,40,50)(H,41,47)(H,44,49)/t26-,27-,30+,32-,39+/m1/s1. The molecule has 1 aliphatic carbocycles. The average molecular weight is 762 g/mol. The van der Waals surface area contributed by atoms with Crippen molar-refractivity contribution in [1.29, 1.82) is 0 Å². The molecule has 2 aromatic carbocycles. The molecule has 5 atom stereocenters. The van der Waals surface area contributed by atoms with E-state index in [9.17, 15) is 27.6 Å². The van der Waals surface area contributed by atoms with E-state index in [1.165, 1.54) is 35.2 Å². The number of nitrogens with zero attached hydrogens (tertiary/aromatic N) is 4. The Morgan fingerprint density at radius 2 is 1.63 bits per heavy atom. The molecule has 0 spiro atoms. The third-order valence-electron chi connectivity index (χ3n) is 9.53. The summed E-state index contributed by atoms with van der Waals surface area (Å²) in [4.78, 5) is 58.6. The summed E-state index contributed by atoms with van der Waals surface area (Å²) in [6.45, 7) is 16.4. The molecular weight excluding hydrogens is 711 g/mol. The minimum Gasteiger partial charge on any atom is -0.444 e. The Labute approximate surface area is 317 Å². The highest BCUT2D eigenvalue weighted by molar-refractivity contribution is 7.90. The molecule has 1 aromatic heterocycles. The van der Waals surface area contributed by atoms with E-state index >= 15 is 0 Å². The number of aryl methyl sites for hydroxylation is 1. The third-order valence-corrected chi connectivity index (χ3v) is 10.9.